The smallest absolute Gasteiger partial charge is 0.270 e. The number of nitrogens with zero attached hydrogens (tertiary/aromatic N) is 2. The fraction of sp³-hybridized carbons (Fsp3) is 0.550. The number of nitrogens with two attached hydrogens (primary N) is 1. The summed E-state index contributed by atoms with van der Waals surface area (Å²) in [5, 5.41) is 0.452. The third-order valence-corrected chi connectivity index (χ3v) is 7.14. The summed E-state index contributed by atoms with van der Waals surface area (Å²) in [7, 11) is -3.70. The predicted molar refractivity (Wildman–Crippen MR) is 116 cm³/mol. The first-order valence-corrected chi connectivity index (χ1v) is 11.6. The molecule has 2 aromatic rings. The highest BCUT2D eigenvalue weighted by atomic mass is 35.5. The maximum absolute atomic E-state index is 15.1. The van der Waals surface area contributed by atoms with Gasteiger partial charge < -0.3 is 15.2 Å². The van der Waals surface area contributed by atoms with E-state index in [1.165, 1.54) is 12.1 Å². The van der Waals surface area contributed by atoms with Gasteiger partial charge in [-0.25, -0.2) is 12.8 Å². The molecule has 1 saturated carbocycles. The molecule has 2 atom stereocenters. The topological polar surface area (TPSA) is 85.4 Å². The first-order chi connectivity index (χ1) is 13.1. The van der Waals surface area contributed by atoms with E-state index in [1.54, 1.807) is 4.57 Å². The van der Waals surface area contributed by atoms with E-state index in [1.807, 2.05) is 18.7 Å². The van der Waals surface area contributed by atoms with Gasteiger partial charge in [0.1, 0.15) is 10.7 Å². The third-order valence-electron chi connectivity index (χ3n) is 6.05. The molecule has 0 spiro atoms. The Kier molecular flexibility index (Phi) is 5.75. The van der Waals surface area contributed by atoms with Crippen LogP contribution in [0.4, 0.5) is 10.1 Å². The molecule has 0 radical (unpaired) electrons. The van der Waals surface area contributed by atoms with Crippen LogP contribution in [-0.2, 0) is 9.84 Å². The average molecular weight is 444 g/mol. The van der Waals surface area contributed by atoms with Crippen molar-refractivity contribution in [3.63, 3.8) is 0 Å². The van der Waals surface area contributed by atoms with Crippen molar-refractivity contribution < 1.29 is 12.8 Å². The number of sulfone groups is 1. The summed E-state index contributed by atoms with van der Waals surface area (Å²) in [5.74, 6) is -0.0940. The van der Waals surface area contributed by atoms with Gasteiger partial charge in [-0.3, -0.25) is 4.79 Å². The van der Waals surface area contributed by atoms with Gasteiger partial charge in [-0.05, 0) is 56.7 Å². The standard InChI is InChI=1S/C20H26FN3O3S.ClH/c1-11-18-14(8-16(21)19(11)23-7-6-13(10-23)12(2)22)9-17(28(3,26)27)20(25)24(18)15-4-5-15;/h8-9,12-13,15H,4-7,10,22H2,1-3H3;1H/t12-,13+;/m0./s1. The van der Waals surface area contributed by atoms with Crippen molar-refractivity contribution in [2.45, 2.75) is 50.1 Å². The molecular formula is C20H27ClFN3O3S. The molecule has 6 nitrogen and oxygen atoms in total. The minimum Gasteiger partial charge on any atom is -0.369 e. The zero-order valence-corrected chi connectivity index (χ0v) is 18.4. The summed E-state index contributed by atoms with van der Waals surface area (Å²) < 4.78 is 40.9. The molecule has 2 aliphatic rings. The highest BCUT2D eigenvalue weighted by molar-refractivity contribution is 7.90. The van der Waals surface area contributed by atoms with Gasteiger partial charge in [0.15, 0.2) is 9.84 Å². The Bertz CT molecular complexity index is 1130. The van der Waals surface area contributed by atoms with Crippen LogP contribution in [0, 0.1) is 18.7 Å². The number of halogens is 2. The van der Waals surface area contributed by atoms with Crippen LogP contribution in [0.25, 0.3) is 10.9 Å². The summed E-state index contributed by atoms with van der Waals surface area (Å²) in [4.78, 5) is 14.7. The molecule has 29 heavy (non-hydrogen) atoms. The number of aromatic nitrogens is 1. The van der Waals surface area contributed by atoms with Crippen LogP contribution < -0.4 is 16.2 Å². The second kappa shape index (κ2) is 7.56. The van der Waals surface area contributed by atoms with E-state index < -0.39 is 21.2 Å². The minimum absolute atomic E-state index is 0. The summed E-state index contributed by atoms with van der Waals surface area (Å²) >= 11 is 0. The van der Waals surface area contributed by atoms with E-state index >= 15 is 4.39 Å². The van der Waals surface area contributed by atoms with Crippen molar-refractivity contribution in [1.82, 2.24) is 4.57 Å². The summed E-state index contributed by atoms with van der Waals surface area (Å²) in [6, 6.07) is 2.70. The van der Waals surface area contributed by atoms with Crippen LogP contribution in [-0.4, -0.2) is 38.4 Å². The molecule has 0 bridgehead atoms. The molecule has 0 amide bonds. The Morgan fingerprint density at radius 3 is 2.41 bits per heavy atom. The normalized spacial score (nSPS) is 20.7. The van der Waals surface area contributed by atoms with Crippen molar-refractivity contribution in [3.05, 3.63) is 33.9 Å². The Morgan fingerprint density at radius 1 is 1.24 bits per heavy atom. The highest BCUT2D eigenvalue weighted by Gasteiger charge is 2.33. The number of hydrogen-bond donors (Lipinski definition) is 1. The van der Waals surface area contributed by atoms with E-state index in [2.05, 4.69) is 0 Å². The van der Waals surface area contributed by atoms with Gasteiger partial charge in [-0.2, -0.15) is 0 Å². The van der Waals surface area contributed by atoms with Crippen LogP contribution in [0.1, 0.15) is 37.8 Å². The number of pyridine rings is 1. The Balaban J connectivity index is 0.00000240. The summed E-state index contributed by atoms with van der Waals surface area (Å²) in [6.45, 7) is 5.17. The number of benzene rings is 1. The van der Waals surface area contributed by atoms with Gasteiger partial charge in [-0.1, -0.05) is 0 Å². The van der Waals surface area contributed by atoms with Gasteiger partial charge in [0.05, 0.1) is 11.2 Å². The van der Waals surface area contributed by atoms with Crippen molar-refractivity contribution in [3.8, 4) is 0 Å². The van der Waals surface area contributed by atoms with Gasteiger partial charge in [-0.15, -0.1) is 12.4 Å². The van der Waals surface area contributed by atoms with E-state index in [4.69, 9.17) is 5.73 Å². The molecule has 1 saturated heterocycles. The fourth-order valence-electron chi connectivity index (χ4n) is 4.39. The molecule has 160 valence electrons. The third kappa shape index (κ3) is 3.78. The largest absolute Gasteiger partial charge is 0.369 e. The highest BCUT2D eigenvalue weighted by Crippen LogP contribution is 2.40. The molecule has 1 aromatic carbocycles. The van der Waals surface area contributed by atoms with Crippen molar-refractivity contribution >= 4 is 38.8 Å². The maximum atomic E-state index is 15.1. The molecule has 2 N–H and O–H groups in total. The SMILES string of the molecule is Cc1c(N2CC[C@@H]([C@H](C)N)C2)c(F)cc2cc(S(C)(=O)=O)c(=O)n(C3CC3)c12.Cl. The van der Waals surface area contributed by atoms with Crippen molar-refractivity contribution in [1.29, 1.82) is 0 Å². The first-order valence-electron chi connectivity index (χ1n) is 9.68. The number of hydrogen-bond acceptors (Lipinski definition) is 5. The van der Waals surface area contributed by atoms with Gasteiger partial charge in [0, 0.05) is 36.8 Å². The second-order valence-electron chi connectivity index (χ2n) is 8.31. The molecule has 1 aliphatic heterocycles. The van der Waals surface area contributed by atoms with Crippen LogP contribution in [0.3, 0.4) is 0 Å². The fourth-order valence-corrected chi connectivity index (χ4v) is 5.15. The molecule has 1 aromatic heterocycles. The molecule has 0 unspecified atom stereocenters. The minimum atomic E-state index is -3.70. The van der Waals surface area contributed by atoms with E-state index in [-0.39, 0.29) is 29.4 Å². The Morgan fingerprint density at radius 2 is 1.90 bits per heavy atom. The predicted octanol–water partition coefficient (Wildman–Crippen LogP) is 2.78. The van der Waals surface area contributed by atoms with E-state index in [0.717, 1.165) is 25.5 Å². The second-order valence-corrected chi connectivity index (χ2v) is 10.3. The van der Waals surface area contributed by atoms with Crippen LogP contribution in [0.2, 0.25) is 0 Å². The lowest BCUT2D eigenvalue weighted by molar-refractivity contribution is 0.487. The van der Waals surface area contributed by atoms with Crippen LogP contribution >= 0.6 is 12.4 Å². The van der Waals surface area contributed by atoms with E-state index in [0.29, 0.717) is 41.2 Å². The van der Waals surface area contributed by atoms with Gasteiger partial charge >= 0.3 is 0 Å². The zero-order chi connectivity index (χ0) is 20.4. The summed E-state index contributed by atoms with van der Waals surface area (Å²) in [6.07, 6.45) is 3.56. The van der Waals surface area contributed by atoms with Crippen LogP contribution in [0.15, 0.2) is 21.8 Å². The molecule has 2 fully saturated rings. The van der Waals surface area contributed by atoms with Gasteiger partial charge in [0.25, 0.3) is 5.56 Å². The lowest BCUT2D eigenvalue weighted by Crippen LogP contribution is -2.30. The van der Waals surface area contributed by atoms with Crippen LogP contribution in [0.5, 0.6) is 0 Å². The maximum Gasteiger partial charge on any atom is 0.270 e. The molecule has 9 heteroatoms. The zero-order valence-electron chi connectivity index (χ0n) is 16.8. The van der Waals surface area contributed by atoms with E-state index in [9.17, 15) is 13.2 Å². The number of fused-ring (bicyclic) bond motifs is 1. The average Bonchev–Trinajstić information content (AvgIpc) is 3.30. The number of rotatable bonds is 4. The first kappa shape index (κ1) is 22.1. The quantitative estimate of drug-likeness (QED) is 0.785. The lowest BCUT2D eigenvalue weighted by atomic mass is 10.0. The molecule has 4 rings (SSSR count). The Labute approximate surface area is 176 Å². The van der Waals surface area contributed by atoms with Gasteiger partial charge in [0.2, 0.25) is 0 Å². The monoisotopic (exact) mass is 443 g/mol. The van der Waals surface area contributed by atoms with Crippen molar-refractivity contribution in [2.75, 3.05) is 24.2 Å². The molecular weight excluding hydrogens is 417 g/mol. The lowest BCUT2D eigenvalue weighted by Gasteiger charge is -2.25. The summed E-state index contributed by atoms with van der Waals surface area (Å²) in [5.41, 5.74) is 7.35. The molecule has 2 heterocycles. The number of anilines is 1. The Hall–Kier alpha value is -1.64. The van der Waals surface area contributed by atoms with Crippen molar-refractivity contribution in [2.24, 2.45) is 11.7 Å². The number of aryl methyl sites for hydroxylation is 1. The molecule has 1 aliphatic carbocycles.